The second kappa shape index (κ2) is 5.51. The minimum atomic E-state index is -0.742. The molecule has 0 aliphatic heterocycles. The molecule has 19 heavy (non-hydrogen) atoms. The first-order valence-corrected chi connectivity index (χ1v) is 5.60. The average Bonchev–Trinajstić information content (AvgIpc) is 2.38. The van der Waals surface area contributed by atoms with Crippen LogP contribution in [0.25, 0.3) is 0 Å². The Morgan fingerprint density at radius 2 is 2.00 bits per heavy atom. The first-order valence-electron chi connectivity index (χ1n) is 5.60. The van der Waals surface area contributed by atoms with Gasteiger partial charge in [0, 0.05) is 24.4 Å². The zero-order valence-corrected chi connectivity index (χ0v) is 9.98. The third kappa shape index (κ3) is 3.09. The van der Waals surface area contributed by atoms with E-state index < -0.39 is 11.6 Å². The Morgan fingerprint density at radius 1 is 1.21 bits per heavy atom. The van der Waals surface area contributed by atoms with Crippen LogP contribution >= 0.6 is 0 Å². The average molecular weight is 266 g/mol. The second-order valence-corrected chi connectivity index (χ2v) is 3.88. The van der Waals surface area contributed by atoms with Crippen LogP contribution in [0.4, 0.5) is 14.5 Å². The van der Waals surface area contributed by atoms with E-state index in [4.69, 9.17) is 10.5 Å². The molecule has 1 aromatic carbocycles. The number of nitrogens with two attached hydrogens (primary N) is 1. The quantitative estimate of drug-likeness (QED) is 0.858. The number of rotatable bonds is 4. The van der Waals surface area contributed by atoms with Crippen molar-refractivity contribution in [2.75, 3.05) is 12.3 Å². The maximum Gasteiger partial charge on any atom is 0.250 e. The molecule has 0 aliphatic carbocycles. The third-order valence-corrected chi connectivity index (χ3v) is 2.54. The van der Waals surface area contributed by atoms with Crippen molar-refractivity contribution in [2.45, 2.75) is 6.54 Å². The number of anilines is 1. The van der Waals surface area contributed by atoms with Crippen molar-refractivity contribution in [3.63, 3.8) is 0 Å². The molecular formula is C13H12F2N2O2. The van der Waals surface area contributed by atoms with E-state index in [9.17, 15) is 13.6 Å². The Kier molecular flexibility index (Phi) is 3.79. The summed E-state index contributed by atoms with van der Waals surface area (Å²) < 4.78 is 33.1. The van der Waals surface area contributed by atoms with E-state index in [1.807, 2.05) is 0 Å². The van der Waals surface area contributed by atoms with Gasteiger partial charge in [-0.3, -0.25) is 4.79 Å². The summed E-state index contributed by atoms with van der Waals surface area (Å²) >= 11 is 0. The highest BCUT2D eigenvalue weighted by molar-refractivity contribution is 5.44. The minimum Gasteiger partial charge on any atom is -0.489 e. The lowest BCUT2D eigenvalue weighted by atomic mass is 10.3. The number of nitrogen functional groups attached to an aromatic ring is 1. The van der Waals surface area contributed by atoms with Gasteiger partial charge >= 0.3 is 0 Å². The third-order valence-electron chi connectivity index (χ3n) is 2.54. The van der Waals surface area contributed by atoms with Gasteiger partial charge in [0.2, 0.25) is 0 Å². The van der Waals surface area contributed by atoms with Gasteiger partial charge in [0.15, 0.2) is 11.6 Å². The van der Waals surface area contributed by atoms with Gasteiger partial charge in [-0.2, -0.15) is 0 Å². The molecule has 0 saturated carbocycles. The highest BCUT2D eigenvalue weighted by atomic mass is 19.1. The van der Waals surface area contributed by atoms with Gasteiger partial charge in [-0.25, -0.2) is 8.78 Å². The lowest BCUT2D eigenvalue weighted by Crippen LogP contribution is -2.21. The molecule has 1 heterocycles. The fourth-order valence-corrected chi connectivity index (χ4v) is 1.55. The molecular weight excluding hydrogens is 254 g/mol. The molecule has 6 heteroatoms. The van der Waals surface area contributed by atoms with Crippen LogP contribution in [0.5, 0.6) is 5.75 Å². The molecule has 0 spiro atoms. The van der Waals surface area contributed by atoms with Crippen LogP contribution in [-0.4, -0.2) is 11.2 Å². The van der Waals surface area contributed by atoms with Crippen LogP contribution in [0.1, 0.15) is 0 Å². The number of halogens is 2. The summed E-state index contributed by atoms with van der Waals surface area (Å²) in [7, 11) is 0. The van der Waals surface area contributed by atoms with Crippen molar-refractivity contribution in [1.29, 1.82) is 0 Å². The van der Waals surface area contributed by atoms with Crippen LogP contribution in [0, 0.1) is 11.6 Å². The molecule has 1 aromatic heterocycles. The molecule has 2 aromatic rings. The van der Waals surface area contributed by atoms with E-state index in [1.54, 1.807) is 18.3 Å². The molecule has 0 unspecified atom stereocenters. The Bertz CT molecular complexity index is 641. The van der Waals surface area contributed by atoms with Crippen molar-refractivity contribution >= 4 is 5.69 Å². The van der Waals surface area contributed by atoms with E-state index in [0.717, 1.165) is 12.1 Å². The van der Waals surface area contributed by atoms with Crippen LogP contribution in [0.3, 0.4) is 0 Å². The smallest absolute Gasteiger partial charge is 0.250 e. The monoisotopic (exact) mass is 266 g/mol. The number of benzene rings is 1. The summed E-state index contributed by atoms with van der Waals surface area (Å²) in [6, 6.07) is 6.47. The summed E-state index contributed by atoms with van der Waals surface area (Å²) in [6.07, 6.45) is 1.59. The highest BCUT2D eigenvalue weighted by Crippen LogP contribution is 2.22. The maximum absolute atomic E-state index is 13.4. The fraction of sp³-hybridized carbons (Fsp3) is 0.154. The first kappa shape index (κ1) is 13.1. The summed E-state index contributed by atoms with van der Waals surface area (Å²) in [6.45, 7) is 0.287. The first-order chi connectivity index (χ1) is 9.08. The zero-order valence-electron chi connectivity index (χ0n) is 9.98. The van der Waals surface area contributed by atoms with E-state index >= 15 is 0 Å². The summed E-state index contributed by atoms with van der Waals surface area (Å²) in [5.41, 5.74) is 4.75. The number of hydrogen-bond acceptors (Lipinski definition) is 3. The molecule has 0 bridgehead atoms. The van der Waals surface area contributed by atoms with Crippen LogP contribution in [-0.2, 0) is 6.54 Å². The second-order valence-electron chi connectivity index (χ2n) is 3.88. The molecule has 0 radical (unpaired) electrons. The van der Waals surface area contributed by atoms with Crippen molar-refractivity contribution in [3.05, 3.63) is 58.5 Å². The highest BCUT2D eigenvalue weighted by Gasteiger charge is 2.08. The Morgan fingerprint density at radius 3 is 2.74 bits per heavy atom. The molecule has 4 nitrogen and oxygen atoms in total. The summed E-state index contributed by atoms with van der Waals surface area (Å²) in [5.74, 6) is -1.71. The van der Waals surface area contributed by atoms with E-state index in [-0.39, 0.29) is 30.1 Å². The molecule has 0 fully saturated rings. The van der Waals surface area contributed by atoms with Gasteiger partial charge in [-0.05, 0) is 6.07 Å². The maximum atomic E-state index is 13.4. The minimum absolute atomic E-state index is 0.0458. The molecule has 2 N–H and O–H groups in total. The summed E-state index contributed by atoms with van der Waals surface area (Å²) in [5, 5.41) is 0. The van der Waals surface area contributed by atoms with Crippen LogP contribution in [0.15, 0.2) is 41.3 Å². The lowest BCUT2D eigenvalue weighted by Gasteiger charge is -2.09. The molecule has 2 rings (SSSR count). The van der Waals surface area contributed by atoms with Crippen molar-refractivity contribution < 1.29 is 13.5 Å². The van der Waals surface area contributed by atoms with Crippen molar-refractivity contribution in [2.24, 2.45) is 0 Å². The predicted octanol–water partition coefficient (Wildman–Crippen LogP) is 1.79. The van der Waals surface area contributed by atoms with Crippen molar-refractivity contribution in [1.82, 2.24) is 4.57 Å². The van der Waals surface area contributed by atoms with E-state index in [1.165, 1.54) is 10.6 Å². The topological polar surface area (TPSA) is 57.2 Å². The fourth-order valence-electron chi connectivity index (χ4n) is 1.55. The Labute approximate surface area is 108 Å². The number of aromatic nitrogens is 1. The predicted molar refractivity (Wildman–Crippen MR) is 67.0 cm³/mol. The lowest BCUT2D eigenvalue weighted by molar-refractivity contribution is 0.281. The van der Waals surface area contributed by atoms with Gasteiger partial charge in [-0.1, -0.05) is 6.07 Å². The van der Waals surface area contributed by atoms with Gasteiger partial charge in [0.25, 0.3) is 5.56 Å². The number of pyridine rings is 1. The standard InChI is InChI=1S/C13H12F2N2O2/c14-9-8-12(10(15)7-11(9)16)19-6-5-17-4-2-1-3-13(17)18/h1-4,7-8H,5-6,16H2. The zero-order chi connectivity index (χ0) is 13.8. The largest absolute Gasteiger partial charge is 0.489 e. The molecule has 0 aliphatic rings. The normalized spacial score (nSPS) is 10.4. The Balaban J connectivity index is 2.02. The van der Waals surface area contributed by atoms with Crippen LogP contribution < -0.4 is 16.0 Å². The molecule has 0 saturated heterocycles. The van der Waals surface area contributed by atoms with E-state index in [0.29, 0.717) is 0 Å². The SMILES string of the molecule is Nc1cc(F)c(OCCn2ccccc2=O)cc1F. The van der Waals surface area contributed by atoms with Crippen molar-refractivity contribution in [3.8, 4) is 5.75 Å². The number of nitrogens with zero attached hydrogens (tertiary/aromatic N) is 1. The Hall–Kier alpha value is -2.37. The van der Waals surface area contributed by atoms with Gasteiger partial charge < -0.3 is 15.0 Å². The van der Waals surface area contributed by atoms with Gasteiger partial charge in [0.1, 0.15) is 12.4 Å². The summed E-state index contributed by atoms with van der Waals surface area (Å²) in [4.78, 5) is 11.4. The number of hydrogen-bond donors (Lipinski definition) is 1. The molecule has 0 amide bonds. The van der Waals surface area contributed by atoms with Crippen LogP contribution in [0.2, 0.25) is 0 Å². The van der Waals surface area contributed by atoms with Gasteiger partial charge in [0.05, 0.1) is 12.2 Å². The van der Waals surface area contributed by atoms with E-state index in [2.05, 4.69) is 0 Å². The molecule has 100 valence electrons. The number of ether oxygens (including phenoxy) is 1. The van der Waals surface area contributed by atoms with Gasteiger partial charge in [-0.15, -0.1) is 0 Å². The molecule has 0 atom stereocenters.